The lowest BCUT2D eigenvalue weighted by Crippen LogP contribution is -2.24. The van der Waals surface area contributed by atoms with Crippen LogP contribution in [0.3, 0.4) is 0 Å². The number of ketones is 1. The highest BCUT2D eigenvalue weighted by molar-refractivity contribution is 6.47. The van der Waals surface area contributed by atoms with Gasteiger partial charge >= 0.3 is 5.97 Å². The van der Waals surface area contributed by atoms with E-state index in [1.54, 1.807) is 26.0 Å². The van der Waals surface area contributed by atoms with Gasteiger partial charge in [-0.1, -0.05) is 35.9 Å². The van der Waals surface area contributed by atoms with Gasteiger partial charge in [-0.2, -0.15) is 0 Å². The first-order valence-electron chi connectivity index (χ1n) is 9.39. The third-order valence-electron chi connectivity index (χ3n) is 4.52. The largest absolute Gasteiger partial charge is 0.462 e. The number of anilines is 1. The van der Waals surface area contributed by atoms with Crippen molar-refractivity contribution >= 4 is 23.3 Å². The van der Waals surface area contributed by atoms with Crippen molar-refractivity contribution in [1.82, 2.24) is 4.98 Å². The summed E-state index contributed by atoms with van der Waals surface area (Å²) in [5.74, 6) is -2.97. The molecule has 7 heteroatoms. The van der Waals surface area contributed by atoms with Crippen LogP contribution in [-0.2, 0) is 9.53 Å². The molecule has 0 unspecified atom stereocenters. The van der Waals surface area contributed by atoms with Crippen LogP contribution >= 0.6 is 0 Å². The highest BCUT2D eigenvalue weighted by atomic mass is 19.1. The lowest BCUT2D eigenvalue weighted by atomic mass is 9.97. The van der Waals surface area contributed by atoms with Crippen LogP contribution in [0.25, 0.3) is 11.1 Å². The van der Waals surface area contributed by atoms with Gasteiger partial charge in [0.2, 0.25) is 0 Å². The van der Waals surface area contributed by atoms with E-state index >= 15 is 0 Å². The van der Waals surface area contributed by atoms with E-state index in [9.17, 15) is 18.8 Å². The van der Waals surface area contributed by atoms with Crippen molar-refractivity contribution in [2.75, 3.05) is 11.9 Å². The van der Waals surface area contributed by atoms with E-state index in [0.717, 1.165) is 11.6 Å². The monoisotopic (exact) mass is 408 g/mol. The number of benzene rings is 2. The van der Waals surface area contributed by atoms with Gasteiger partial charge in [0.25, 0.3) is 11.7 Å². The van der Waals surface area contributed by atoms with Crippen LogP contribution in [0.5, 0.6) is 0 Å². The third kappa shape index (κ3) is 4.30. The quantitative estimate of drug-likeness (QED) is 0.359. The van der Waals surface area contributed by atoms with Gasteiger partial charge in [0, 0.05) is 16.9 Å². The molecule has 0 aliphatic heterocycles. The fourth-order valence-corrected chi connectivity index (χ4v) is 3.13. The minimum atomic E-state index is -0.953. The highest BCUT2D eigenvalue weighted by Crippen LogP contribution is 2.32. The maximum absolute atomic E-state index is 13.4. The molecule has 30 heavy (non-hydrogen) atoms. The molecule has 2 N–H and O–H groups in total. The Balaban J connectivity index is 2.06. The lowest BCUT2D eigenvalue weighted by Gasteiger charge is -2.09. The third-order valence-corrected chi connectivity index (χ3v) is 4.52. The van der Waals surface area contributed by atoms with Gasteiger partial charge < -0.3 is 15.0 Å². The number of carbonyl (C=O) groups excluding carboxylic acids is 3. The molecule has 0 saturated carbocycles. The van der Waals surface area contributed by atoms with Gasteiger partial charge in [-0.25, -0.2) is 9.18 Å². The van der Waals surface area contributed by atoms with Crippen molar-refractivity contribution in [2.24, 2.45) is 0 Å². The number of nitrogens with one attached hydrogen (secondary N) is 2. The molecule has 154 valence electrons. The summed E-state index contributed by atoms with van der Waals surface area (Å²) in [6.45, 7) is 5.40. The second kappa shape index (κ2) is 8.73. The first-order chi connectivity index (χ1) is 14.3. The number of amides is 1. The van der Waals surface area contributed by atoms with E-state index in [4.69, 9.17) is 4.74 Å². The molecule has 0 bridgehead atoms. The van der Waals surface area contributed by atoms with Crippen molar-refractivity contribution in [3.05, 3.63) is 76.9 Å². The van der Waals surface area contributed by atoms with E-state index in [-0.39, 0.29) is 23.6 Å². The molecule has 0 aliphatic carbocycles. The van der Waals surface area contributed by atoms with Gasteiger partial charge in [0.1, 0.15) is 11.5 Å². The van der Waals surface area contributed by atoms with E-state index in [0.29, 0.717) is 16.8 Å². The smallest absolute Gasteiger partial charge is 0.340 e. The zero-order valence-corrected chi connectivity index (χ0v) is 16.8. The molecule has 1 heterocycles. The zero-order chi connectivity index (χ0) is 21.8. The molecule has 1 aromatic heterocycles. The first kappa shape index (κ1) is 21.0. The molecule has 0 fully saturated rings. The molecule has 3 aromatic rings. The summed E-state index contributed by atoms with van der Waals surface area (Å²) in [7, 11) is 0. The lowest BCUT2D eigenvalue weighted by molar-refractivity contribution is -0.112. The topological polar surface area (TPSA) is 88.3 Å². The van der Waals surface area contributed by atoms with Gasteiger partial charge in [-0.3, -0.25) is 9.59 Å². The summed E-state index contributed by atoms with van der Waals surface area (Å²) in [6, 6.07) is 12.4. The summed E-state index contributed by atoms with van der Waals surface area (Å²) in [4.78, 5) is 40.9. The molecular weight excluding hydrogens is 387 g/mol. The van der Waals surface area contributed by atoms with E-state index in [2.05, 4.69) is 10.3 Å². The van der Waals surface area contributed by atoms with Crippen molar-refractivity contribution in [1.29, 1.82) is 0 Å². The predicted octanol–water partition coefficient (Wildman–Crippen LogP) is 4.44. The summed E-state index contributed by atoms with van der Waals surface area (Å²) < 4.78 is 18.5. The molecule has 2 aromatic carbocycles. The Morgan fingerprint density at radius 3 is 2.40 bits per heavy atom. The van der Waals surface area contributed by atoms with Crippen LogP contribution in [0.15, 0.2) is 48.5 Å². The molecule has 1 amide bonds. The number of aromatic amines is 1. The fraction of sp³-hybridized carbons (Fsp3) is 0.174. The average molecular weight is 408 g/mol. The average Bonchev–Trinajstić information content (AvgIpc) is 3.05. The minimum Gasteiger partial charge on any atom is -0.462 e. The minimum absolute atomic E-state index is 0.0340. The van der Waals surface area contributed by atoms with E-state index in [1.807, 2.05) is 19.1 Å². The Labute approximate surface area is 173 Å². The fourth-order valence-electron chi connectivity index (χ4n) is 3.13. The highest BCUT2D eigenvalue weighted by Gasteiger charge is 2.29. The first-order valence-corrected chi connectivity index (χ1v) is 9.39. The summed E-state index contributed by atoms with van der Waals surface area (Å²) in [5, 5.41) is 2.39. The number of carbonyl (C=O) groups is 3. The molecular formula is C23H21FN2O4. The maximum atomic E-state index is 13.4. The molecule has 0 saturated heterocycles. The Morgan fingerprint density at radius 2 is 1.77 bits per heavy atom. The molecule has 6 nitrogen and oxygen atoms in total. The second-order valence-corrected chi connectivity index (χ2v) is 6.76. The molecule has 3 rings (SSSR count). The van der Waals surface area contributed by atoms with Crippen molar-refractivity contribution in [3.63, 3.8) is 0 Å². The number of esters is 1. The molecule has 0 spiro atoms. The number of aryl methyl sites for hydroxylation is 2. The van der Waals surface area contributed by atoms with Gasteiger partial charge in [0.05, 0.1) is 12.2 Å². The number of H-pyrrole nitrogens is 1. The Morgan fingerprint density at radius 1 is 1.07 bits per heavy atom. The Hall–Kier alpha value is -3.74. The number of hydrogen-bond acceptors (Lipinski definition) is 4. The second-order valence-electron chi connectivity index (χ2n) is 6.76. The van der Waals surface area contributed by atoms with Crippen LogP contribution in [0.2, 0.25) is 0 Å². The Bertz CT molecular complexity index is 1120. The van der Waals surface area contributed by atoms with Gasteiger partial charge in [0.15, 0.2) is 0 Å². The van der Waals surface area contributed by atoms with Crippen LogP contribution in [-0.4, -0.2) is 29.3 Å². The van der Waals surface area contributed by atoms with Crippen molar-refractivity contribution in [2.45, 2.75) is 20.8 Å². The van der Waals surface area contributed by atoms with Gasteiger partial charge in [-0.15, -0.1) is 0 Å². The number of Topliss-reactive ketones (excluding diaryl/α,β-unsaturated/α-hetero) is 1. The van der Waals surface area contributed by atoms with Gasteiger partial charge in [-0.05, 0) is 44.5 Å². The number of ether oxygens (including phenoxy) is 1. The predicted molar refractivity (Wildman–Crippen MR) is 111 cm³/mol. The number of halogens is 1. The Kier molecular flexibility index (Phi) is 6.11. The number of hydrogen-bond donors (Lipinski definition) is 2. The van der Waals surface area contributed by atoms with Crippen LogP contribution < -0.4 is 5.32 Å². The summed E-state index contributed by atoms with van der Waals surface area (Å²) >= 11 is 0. The number of aromatic nitrogens is 1. The summed E-state index contributed by atoms with van der Waals surface area (Å²) in [6.07, 6.45) is 0. The summed E-state index contributed by atoms with van der Waals surface area (Å²) in [5.41, 5.74) is 2.61. The standard InChI is InChI=1S/C23H21FN2O4/c1-4-30-23(29)18-14(3)25-20(19(18)15-10-8-13(2)9-11-15)21(27)22(28)26-17-7-5-6-16(24)12-17/h5-12,25H,4H2,1-3H3,(H,26,28). The van der Waals surface area contributed by atoms with E-state index in [1.165, 1.54) is 18.2 Å². The SMILES string of the molecule is CCOC(=O)c1c(C)[nH]c(C(=O)C(=O)Nc2cccc(F)c2)c1-c1ccc(C)cc1. The van der Waals surface area contributed by atoms with Crippen molar-refractivity contribution < 1.29 is 23.5 Å². The molecule has 0 radical (unpaired) electrons. The number of rotatable bonds is 6. The molecule has 0 atom stereocenters. The maximum Gasteiger partial charge on any atom is 0.340 e. The van der Waals surface area contributed by atoms with Crippen LogP contribution in [0.1, 0.15) is 39.0 Å². The van der Waals surface area contributed by atoms with Crippen molar-refractivity contribution in [3.8, 4) is 11.1 Å². The molecule has 0 aliphatic rings. The normalized spacial score (nSPS) is 10.5. The van der Waals surface area contributed by atoms with Crippen LogP contribution in [0, 0.1) is 19.7 Å². The van der Waals surface area contributed by atoms with E-state index < -0.39 is 23.5 Å². The van der Waals surface area contributed by atoms with Crippen LogP contribution in [0.4, 0.5) is 10.1 Å². The zero-order valence-electron chi connectivity index (χ0n) is 16.8.